The Bertz CT molecular complexity index is 1690. The minimum atomic E-state index is -1.12. The second-order valence-corrected chi connectivity index (χ2v) is 10.6. The first-order valence-electron chi connectivity index (χ1n) is 12.2. The average Bonchev–Trinajstić information content (AvgIpc) is 3.62. The molecule has 1 atom stereocenters. The zero-order chi connectivity index (χ0) is 25.7. The number of aromatic nitrogens is 4. The number of imidazole rings is 1. The van der Waals surface area contributed by atoms with E-state index in [9.17, 15) is 4.79 Å². The van der Waals surface area contributed by atoms with E-state index in [-0.39, 0.29) is 5.56 Å². The van der Waals surface area contributed by atoms with Crippen LogP contribution in [0.25, 0.3) is 22.0 Å². The molecule has 3 heterocycles. The summed E-state index contributed by atoms with van der Waals surface area (Å²) in [7, 11) is 1.91. The molecule has 1 unspecified atom stereocenters. The van der Waals surface area contributed by atoms with Gasteiger partial charge in [-0.05, 0) is 71.8 Å². The van der Waals surface area contributed by atoms with Crippen LogP contribution in [0, 0.1) is 5.92 Å². The van der Waals surface area contributed by atoms with Gasteiger partial charge < -0.3 is 14.9 Å². The summed E-state index contributed by atoms with van der Waals surface area (Å²) in [6.07, 6.45) is 7.37. The van der Waals surface area contributed by atoms with E-state index in [1.807, 2.05) is 58.6 Å². The van der Waals surface area contributed by atoms with Crippen LogP contribution in [0.5, 0.6) is 0 Å². The maximum Gasteiger partial charge on any atom is 0.251 e. The molecule has 5 aromatic rings. The van der Waals surface area contributed by atoms with Gasteiger partial charge in [-0.1, -0.05) is 41.4 Å². The lowest BCUT2D eigenvalue weighted by Crippen LogP contribution is -2.41. The van der Waals surface area contributed by atoms with Crippen molar-refractivity contribution in [1.82, 2.24) is 19.1 Å². The van der Waals surface area contributed by atoms with Gasteiger partial charge in [-0.3, -0.25) is 9.78 Å². The largest absolute Gasteiger partial charge is 0.335 e. The van der Waals surface area contributed by atoms with Crippen LogP contribution in [0.4, 0.5) is 0 Å². The van der Waals surface area contributed by atoms with E-state index in [1.54, 1.807) is 30.9 Å². The van der Waals surface area contributed by atoms with Gasteiger partial charge in [-0.2, -0.15) is 0 Å². The molecule has 2 N–H and O–H groups in total. The molecule has 0 aliphatic heterocycles. The van der Waals surface area contributed by atoms with Gasteiger partial charge in [0.1, 0.15) is 5.54 Å². The molecule has 8 heteroatoms. The van der Waals surface area contributed by atoms with E-state index in [0.717, 1.165) is 46.1 Å². The Balaban J connectivity index is 1.65. The van der Waals surface area contributed by atoms with E-state index >= 15 is 0 Å². The highest BCUT2D eigenvalue weighted by Gasteiger charge is 2.36. The van der Waals surface area contributed by atoms with Gasteiger partial charge in [0.25, 0.3) is 5.56 Å². The first-order chi connectivity index (χ1) is 17.8. The fraction of sp³-hybridized carbons (Fsp3) is 0.207. The van der Waals surface area contributed by atoms with Crippen molar-refractivity contribution in [2.75, 3.05) is 0 Å². The van der Waals surface area contributed by atoms with Crippen LogP contribution >= 0.6 is 23.2 Å². The Morgan fingerprint density at radius 2 is 1.86 bits per heavy atom. The number of fused-ring (bicyclic) bond motifs is 1. The third-order valence-electron chi connectivity index (χ3n) is 7.19. The zero-order valence-electron chi connectivity index (χ0n) is 20.2. The van der Waals surface area contributed by atoms with Crippen molar-refractivity contribution in [2.24, 2.45) is 18.7 Å². The molecular weight excluding hydrogens is 505 g/mol. The first kappa shape index (κ1) is 23.9. The fourth-order valence-corrected chi connectivity index (χ4v) is 5.35. The molecule has 186 valence electrons. The number of nitrogens with zero attached hydrogens (tertiary/aromatic N) is 4. The Morgan fingerprint density at radius 1 is 1.03 bits per heavy atom. The number of halogens is 2. The summed E-state index contributed by atoms with van der Waals surface area (Å²) in [5, 5.41) is 2.06. The fourth-order valence-electron chi connectivity index (χ4n) is 5.05. The summed E-state index contributed by atoms with van der Waals surface area (Å²) in [4.78, 5) is 22.2. The van der Waals surface area contributed by atoms with Crippen molar-refractivity contribution in [3.05, 3.63) is 117 Å². The summed E-state index contributed by atoms with van der Waals surface area (Å²) in [5.41, 5.74) is 10.9. The SMILES string of the molecule is Cn1cncc1C(N)(c1ccc2c(c1)c(-c1cccc(Cl)c1)cc(=O)n2CC1CC1)c1ccc(Cl)cn1. The molecule has 2 aromatic carbocycles. The van der Waals surface area contributed by atoms with Gasteiger partial charge in [0.2, 0.25) is 0 Å². The Morgan fingerprint density at radius 3 is 2.54 bits per heavy atom. The number of aryl methyl sites for hydroxylation is 1. The van der Waals surface area contributed by atoms with Crippen molar-refractivity contribution in [1.29, 1.82) is 0 Å². The van der Waals surface area contributed by atoms with Crippen molar-refractivity contribution >= 4 is 34.1 Å². The summed E-state index contributed by atoms with van der Waals surface area (Å²) in [5.74, 6) is 0.541. The van der Waals surface area contributed by atoms with E-state index in [2.05, 4.69) is 16.0 Å². The lowest BCUT2D eigenvalue weighted by atomic mass is 9.83. The predicted octanol–water partition coefficient (Wildman–Crippen LogP) is 5.76. The Labute approximate surface area is 224 Å². The zero-order valence-corrected chi connectivity index (χ0v) is 21.7. The molecular formula is C29H25Cl2N5O. The summed E-state index contributed by atoms with van der Waals surface area (Å²) in [6, 6.07) is 18.9. The molecule has 0 spiro atoms. The highest BCUT2D eigenvalue weighted by atomic mass is 35.5. The van der Waals surface area contributed by atoms with Crippen LogP contribution < -0.4 is 11.3 Å². The van der Waals surface area contributed by atoms with Crippen LogP contribution in [0.1, 0.15) is 29.8 Å². The van der Waals surface area contributed by atoms with Crippen molar-refractivity contribution < 1.29 is 0 Å². The highest BCUT2D eigenvalue weighted by Crippen LogP contribution is 2.38. The molecule has 0 bridgehead atoms. The first-order valence-corrected chi connectivity index (χ1v) is 12.9. The van der Waals surface area contributed by atoms with Crippen LogP contribution in [-0.4, -0.2) is 19.1 Å². The molecule has 1 aliphatic rings. The van der Waals surface area contributed by atoms with E-state index < -0.39 is 5.54 Å². The van der Waals surface area contributed by atoms with Gasteiger partial charge in [0, 0.05) is 36.3 Å². The second-order valence-electron chi connectivity index (χ2n) is 9.75. The predicted molar refractivity (Wildman–Crippen MR) is 148 cm³/mol. The molecule has 1 aliphatic carbocycles. The minimum absolute atomic E-state index is 0.0212. The minimum Gasteiger partial charge on any atom is -0.335 e. The molecule has 37 heavy (non-hydrogen) atoms. The maximum absolute atomic E-state index is 13.3. The van der Waals surface area contributed by atoms with Crippen molar-refractivity contribution in [3.8, 4) is 11.1 Å². The van der Waals surface area contributed by atoms with Crippen molar-refractivity contribution in [2.45, 2.75) is 24.9 Å². The summed E-state index contributed by atoms with van der Waals surface area (Å²) in [6.45, 7) is 0.707. The number of benzene rings is 2. The topological polar surface area (TPSA) is 78.7 Å². The molecule has 3 aromatic heterocycles. The number of nitrogens with two attached hydrogens (primary N) is 1. The molecule has 0 radical (unpaired) electrons. The molecule has 0 amide bonds. The van der Waals surface area contributed by atoms with E-state index in [0.29, 0.717) is 28.2 Å². The van der Waals surface area contributed by atoms with Crippen molar-refractivity contribution in [3.63, 3.8) is 0 Å². The van der Waals surface area contributed by atoms with Crippen LogP contribution in [-0.2, 0) is 19.1 Å². The van der Waals surface area contributed by atoms with Crippen LogP contribution in [0.2, 0.25) is 10.0 Å². The Hall–Kier alpha value is -3.45. The average molecular weight is 530 g/mol. The van der Waals surface area contributed by atoms with Gasteiger partial charge >= 0.3 is 0 Å². The normalized spacial score (nSPS) is 15.1. The lowest BCUT2D eigenvalue weighted by molar-refractivity contribution is 0.578. The van der Waals surface area contributed by atoms with E-state index in [1.165, 1.54) is 0 Å². The van der Waals surface area contributed by atoms with Gasteiger partial charge in [-0.25, -0.2) is 4.98 Å². The number of hydrogen-bond donors (Lipinski definition) is 1. The highest BCUT2D eigenvalue weighted by molar-refractivity contribution is 6.31. The van der Waals surface area contributed by atoms with Crippen LogP contribution in [0.15, 0.2) is 84.2 Å². The third-order valence-corrected chi connectivity index (χ3v) is 7.65. The van der Waals surface area contributed by atoms with Crippen LogP contribution in [0.3, 0.4) is 0 Å². The second kappa shape index (κ2) is 9.14. The lowest BCUT2D eigenvalue weighted by Gasteiger charge is -2.30. The molecule has 1 saturated carbocycles. The van der Waals surface area contributed by atoms with E-state index in [4.69, 9.17) is 28.9 Å². The molecule has 6 rings (SSSR count). The molecule has 6 nitrogen and oxygen atoms in total. The maximum atomic E-state index is 13.3. The summed E-state index contributed by atoms with van der Waals surface area (Å²) < 4.78 is 3.78. The van der Waals surface area contributed by atoms with Gasteiger partial charge in [0.15, 0.2) is 0 Å². The van der Waals surface area contributed by atoms with Gasteiger partial charge in [-0.15, -0.1) is 0 Å². The van der Waals surface area contributed by atoms with Gasteiger partial charge in [0.05, 0.1) is 34.5 Å². The monoisotopic (exact) mass is 529 g/mol. The molecule has 0 saturated heterocycles. The Kier molecular flexibility index (Phi) is 5.91. The standard InChI is InChI=1S/C29H25Cl2N5O/c1-35-17-33-15-27(35)29(32,26-10-8-22(31)14-34-26)20-7-9-25-24(12-20)23(19-3-2-4-21(30)11-19)13-28(37)36(25)16-18-5-6-18/h2-4,7-15,17-18H,5-6,16,32H2,1H3. The molecule has 1 fully saturated rings. The number of rotatable bonds is 6. The third kappa shape index (κ3) is 4.25. The smallest absolute Gasteiger partial charge is 0.251 e. The number of hydrogen-bond acceptors (Lipinski definition) is 4. The quantitative estimate of drug-likeness (QED) is 0.303. The number of pyridine rings is 2. The summed E-state index contributed by atoms with van der Waals surface area (Å²) >= 11 is 12.5.